The minimum Gasteiger partial charge on any atom is -0.482 e. The van der Waals surface area contributed by atoms with Crippen molar-refractivity contribution in [3.8, 4) is 5.75 Å². The van der Waals surface area contributed by atoms with Crippen LogP contribution in [0.5, 0.6) is 5.75 Å². The predicted octanol–water partition coefficient (Wildman–Crippen LogP) is 2.24. The maximum absolute atomic E-state index is 12.4. The normalized spacial score (nSPS) is 10.3. The van der Waals surface area contributed by atoms with Gasteiger partial charge in [0.25, 0.3) is 11.5 Å². The van der Waals surface area contributed by atoms with E-state index in [1.54, 1.807) is 31.2 Å². The Balaban J connectivity index is 2.04. The van der Waals surface area contributed by atoms with Gasteiger partial charge in [-0.05, 0) is 31.5 Å². The molecule has 1 aromatic heterocycles. The Morgan fingerprint density at radius 1 is 1.19 bits per heavy atom. The molecule has 0 bridgehead atoms. The zero-order chi connectivity index (χ0) is 19.6. The number of hydrogen-bond acceptors (Lipinski definition) is 6. The number of hydrogen-bond donors (Lipinski definition) is 1. The number of benzene rings is 1. The number of nitrogens with zero attached hydrogens (tertiary/aromatic N) is 2. The summed E-state index contributed by atoms with van der Waals surface area (Å²) in [6.45, 7) is 4.26. The second kappa shape index (κ2) is 10.1. The number of unbranched alkanes of at least 4 members (excludes halogenated alkanes) is 1. The Morgan fingerprint density at radius 2 is 2.00 bits per heavy atom. The molecule has 27 heavy (non-hydrogen) atoms. The number of carbonyl (C=O) groups is 2. The molecular weight excluding hydrogens is 350 g/mol. The highest BCUT2D eigenvalue weighted by atomic mass is 16.6. The second-order valence-electron chi connectivity index (χ2n) is 5.71. The molecule has 1 N–H and O–H groups in total. The summed E-state index contributed by atoms with van der Waals surface area (Å²) in [7, 11) is 0. The summed E-state index contributed by atoms with van der Waals surface area (Å²) in [5.41, 5.74) is 0.382. The van der Waals surface area contributed by atoms with Gasteiger partial charge in [-0.2, -0.15) is 5.10 Å². The highest BCUT2D eigenvalue weighted by molar-refractivity contribution is 6.02. The van der Waals surface area contributed by atoms with E-state index < -0.39 is 11.9 Å². The van der Waals surface area contributed by atoms with Crippen LogP contribution in [0.25, 0.3) is 0 Å². The number of ether oxygens (including phenoxy) is 2. The number of anilines is 1. The van der Waals surface area contributed by atoms with Gasteiger partial charge in [0.15, 0.2) is 6.61 Å². The molecular formula is C19H23N3O5. The molecule has 2 rings (SSSR count). The van der Waals surface area contributed by atoms with Crippen LogP contribution in [0.1, 0.15) is 37.2 Å². The van der Waals surface area contributed by atoms with Gasteiger partial charge in [0.1, 0.15) is 11.4 Å². The van der Waals surface area contributed by atoms with Crippen LogP contribution in [-0.2, 0) is 16.1 Å². The first-order chi connectivity index (χ1) is 13.0. The molecule has 0 saturated carbocycles. The Bertz CT molecular complexity index is 847. The highest BCUT2D eigenvalue weighted by Gasteiger charge is 2.11. The number of carbonyl (C=O) groups excluding carboxylic acids is 2. The van der Waals surface area contributed by atoms with E-state index in [9.17, 15) is 14.4 Å². The second-order valence-corrected chi connectivity index (χ2v) is 5.71. The highest BCUT2D eigenvalue weighted by Crippen LogP contribution is 2.18. The number of esters is 1. The van der Waals surface area contributed by atoms with E-state index in [-0.39, 0.29) is 24.5 Å². The summed E-state index contributed by atoms with van der Waals surface area (Å²) in [6.07, 6.45) is 1.72. The largest absolute Gasteiger partial charge is 0.482 e. The van der Waals surface area contributed by atoms with Crippen LogP contribution in [0.3, 0.4) is 0 Å². The number of rotatable bonds is 9. The number of amides is 1. The Kier molecular flexibility index (Phi) is 7.54. The molecule has 0 saturated heterocycles. The van der Waals surface area contributed by atoms with Gasteiger partial charge in [-0.25, -0.2) is 9.48 Å². The van der Waals surface area contributed by atoms with E-state index >= 15 is 0 Å². The molecule has 0 spiro atoms. The van der Waals surface area contributed by atoms with Crippen molar-refractivity contribution in [2.45, 2.75) is 33.2 Å². The van der Waals surface area contributed by atoms with E-state index in [2.05, 4.69) is 10.4 Å². The SMILES string of the molecule is CCCCn1nc(C(=O)Nc2cccc(OCC(=O)OCC)c2)ccc1=O. The van der Waals surface area contributed by atoms with Crippen molar-refractivity contribution in [3.63, 3.8) is 0 Å². The van der Waals surface area contributed by atoms with Crippen molar-refractivity contribution < 1.29 is 19.1 Å². The van der Waals surface area contributed by atoms with Crippen molar-refractivity contribution in [2.24, 2.45) is 0 Å². The average Bonchev–Trinajstić information content (AvgIpc) is 2.66. The van der Waals surface area contributed by atoms with Gasteiger partial charge in [-0.15, -0.1) is 0 Å². The predicted molar refractivity (Wildman–Crippen MR) is 99.9 cm³/mol. The van der Waals surface area contributed by atoms with E-state index in [1.807, 2.05) is 6.92 Å². The van der Waals surface area contributed by atoms with E-state index in [0.29, 0.717) is 18.0 Å². The Morgan fingerprint density at radius 3 is 2.74 bits per heavy atom. The maximum Gasteiger partial charge on any atom is 0.344 e. The van der Waals surface area contributed by atoms with Crippen LogP contribution in [0.2, 0.25) is 0 Å². The molecule has 0 unspecified atom stereocenters. The molecule has 0 aliphatic carbocycles. The molecule has 8 heteroatoms. The summed E-state index contributed by atoms with van der Waals surface area (Å²) in [5.74, 6) is -0.491. The van der Waals surface area contributed by atoms with Crippen LogP contribution in [0.4, 0.5) is 5.69 Å². The van der Waals surface area contributed by atoms with Crippen LogP contribution in [0, 0.1) is 0 Å². The van der Waals surface area contributed by atoms with Crippen molar-refractivity contribution in [3.05, 3.63) is 52.4 Å². The number of aromatic nitrogens is 2. The summed E-state index contributed by atoms with van der Waals surface area (Å²) < 4.78 is 11.4. The third kappa shape index (κ3) is 6.25. The molecule has 0 aliphatic rings. The maximum atomic E-state index is 12.4. The molecule has 0 atom stereocenters. The molecule has 0 aliphatic heterocycles. The standard InChI is InChI=1S/C19H23N3O5/c1-3-5-11-22-17(23)10-9-16(21-22)19(25)20-14-7-6-8-15(12-14)27-13-18(24)26-4-2/h6-10,12H,3-5,11,13H2,1-2H3,(H,20,25). The van der Waals surface area contributed by atoms with Gasteiger partial charge < -0.3 is 14.8 Å². The van der Waals surface area contributed by atoms with E-state index in [4.69, 9.17) is 9.47 Å². The molecule has 0 radical (unpaired) electrons. The molecule has 0 fully saturated rings. The molecule has 1 amide bonds. The van der Waals surface area contributed by atoms with Gasteiger partial charge in [-0.3, -0.25) is 9.59 Å². The lowest BCUT2D eigenvalue weighted by atomic mass is 10.3. The van der Waals surface area contributed by atoms with Gasteiger partial charge in [0.2, 0.25) is 0 Å². The van der Waals surface area contributed by atoms with Crippen LogP contribution in [-0.4, -0.2) is 34.9 Å². The van der Waals surface area contributed by atoms with Crippen molar-refractivity contribution >= 4 is 17.6 Å². The Labute approximate surface area is 157 Å². The molecule has 1 heterocycles. The first kappa shape index (κ1) is 20.2. The summed E-state index contributed by atoms with van der Waals surface area (Å²) in [6, 6.07) is 9.34. The van der Waals surface area contributed by atoms with Crippen LogP contribution >= 0.6 is 0 Å². The lowest BCUT2D eigenvalue weighted by molar-refractivity contribution is -0.145. The number of nitrogens with one attached hydrogen (secondary N) is 1. The van der Waals surface area contributed by atoms with Crippen LogP contribution in [0.15, 0.2) is 41.2 Å². The van der Waals surface area contributed by atoms with Crippen LogP contribution < -0.4 is 15.6 Å². The van der Waals surface area contributed by atoms with E-state index in [0.717, 1.165) is 12.8 Å². The smallest absolute Gasteiger partial charge is 0.344 e. The lowest BCUT2D eigenvalue weighted by Crippen LogP contribution is -2.26. The first-order valence-corrected chi connectivity index (χ1v) is 8.81. The zero-order valence-electron chi connectivity index (χ0n) is 15.4. The van der Waals surface area contributed by atoms with Gasteiger partial charge in [0, 0.05) is 24.4 Å². The fourth-order valence-corrected chi connectivity index (χ4v) is 2.24. The van der Waals surface area contributed by atoms with Crippen molar-refractivity contribution in [1.29, 1.82) is 0 Å². The molecule has 8 nitrogen and oxygen atoms in total. The molecule has 1 aromatic carbocycles. The summed E-state index contributed by atoms with van der Waals surface area (Å²) >= 11 is 0. The van der Waals surface area contributed by atoms with E-state index in [1.165, 1.54) is 16.8 Å². The molecule has 2 aromatic rings. The third-order valence-electron chi connectivity index (χ3n) is 3.58. The van der Waals surface area contributed by atoms with Gasteiger partial charge in [0.05, 0.1) is 6.61 Å². The summed E-state index contributed by atoms with van der Waals surface area (Å²) in [4.78, 5) is 35.5. The van der Waals surface area contributed by atoms with Gasteiger partial charge in [-0.1, -0.05) is 19.4 Å². The summed E-state index contributed by atoms with van der Waals surface area (Å²) in [5, 5.41) is 6.81. The zero-order valence-corrected chi connectivity index (χ0v) is 15.4. The monoisotopic (exact) mass is 373 g/mol. The third-order valence-corrected chi connectivity index (χ3v) is 3.58. The Hall–Kier alpha value is -3.16. The molecule has 144 valence electrons. The van der Waals surface area contributed by atoms with Crippen molar-refractivity contribution in [2.75, 3.05) is 18.5 Å². The topological polar surface area (TPSA) is 99.5 Å². The fourth-order valence-electron chi connectivity index (χ4n) is 2.24. The lowest BCUT2D eigenvalue weighted by Gasteiger charge is -2.09. The van der Waals surface area contributed by atoms with Gasteiger partial charge >= 0.3 is 5.97 Å². The quantitative estimate of drug-likeness (QED) is 0.677. The number of aryl methyl sites for hydroxylation is 1. The fraction of sp³-hybridized carbons (Fsp3) is 0.368. The first-order valence-electron chi connectivity index (χ1n) is 8.81. The minimum absolute atomic E-state index is 0.142. The van der Waals surface area contributed by atoms with Crippen molar-refractivity contribution in [1.82, 2.24) is 9.78 Å². The average molecular weight is 373 g/mol. The minimum atomic E-state index is -0.467.